The molecule has 1 aromatic rings. The summed E-state index contributed by atoms with van der Waals surface area (Å²) in [4.78, 5) is 18.6. The molecule has 0 aliphatic carbocycles. The fourth-order valence-corrected chi connectivity index (χ4v) is 2.57. The molecule has 0 aliphatic rings. The lowest BCUT2D eigenvalue weighted by molar-refractivity contribution is 0.283. The third-order valence-corrected chi connectivity index (χ3v) is 3.53. The number of aliphatic hydroxyl groups is 1. The van der Waals surface area contributed by atoms with Gasteiger partial charge in [-0.3, -0.25) is 4.79 Å². The van der Waals surface area contributed by atoms with Gasteiger partial charge in [0.2, 0.25) is 0 Å². The second-order valence-corrected chi connectivity index (χ2v) is 5.36. The van der Waals surface area contributed by atoms with E-state index >= 15 is 0 Å². The van der Waals surface area contributed by atoms with E-state index in [4.69, 9.17) is 5.11 Å². The zero-order chi connectivity index (χ0) is 13.2. The highest BCUT2D eigenvalue weighted by Gasteiger charge is 2.01. The SMILES string of the molecule is CCCc1cc(=O)[nH]c(SCCCCCCO)n1. The van der Waals surface area contributed by atoms with E-state index in [1.807, 2.05) is 0 Å². The Hall–Kier alpha value is -0.810. The van der Waals surface area contributed by atoms with Crippen molar-refractivity contribution in [1.82, 2.24) is 9.97 Å². The number of hydrogen-bond donors (Lipinski definition) is 2. The summed E-state index contributed by atoms with van der Waals surface area (Å²) >= 11 is 1.60. The first-order chi connectivity index (χ1) is 8.76. The first-order valence-electron chi connectivity index (χ1n) is 6.60. The zero-order valence-electron chi connectivity index (χ0n) is 10.9. The third kappa shape index (κ3) is 6.21. The highest BCUT2D eigenvalue weighted by atomic mass is 32.2. The highest BCUT2D eigenvalue weighted by Crippen LogP contribution is 2.14. The maximum absolute atomic E-state index is 11.4. The maximum atomic E-state index is 11.4. The maximum Gasteiger partial charge on any atom is 0.251 e. The van der Waals surface area contributed by atoms with Gasteiger partial charge in [-0.25, -0.2) is 4.98 Å². The van der Waals surface area contributed by atoms with Gasteiger partial charge in [0.1, 0.15) is 0 Å². The van der Waals surface area contributed by atoms with Gasteiger partial charge in [0.15, 0.2) is 5.16 Å². The lowest BCUT2D eigenvalue weighted by atomic mass is 10.2. The fraction of sp³-hybridized carbons (Fsp3) is 0.692. The van der Waals surface area contributed by atoms with Gasteiger partial charge in [-0.1, -0.05) is 37.9 Å². The van der Waals surface area contributed by atoms with Crippen molar-refractivity contribution in [1.29, 1.82) is 0 Å². The normalized spacial score (nSPS) is 10.8. The Kier molecular flexibility index (Phi) is 7.76. The van der Waals surface area contributed by atoms with Crippen LogP contribution in [0.25, 0.3) is 0 Å². The third-order valence-electron chi connectivity index (χ3n) is 2.57. The minimum Gasteiger partial charge on any atom is -0.396 e. The van der Waals surface area contributed by atoms with Crippen LogP contribution in [0.2, 0.25) is 0 Å². The molecule has 0 saturated heterocycles. The Bertz CT molecular complexity index is 393. The van der Waals surface area contributed by atoms with Crippen LogP contribution in [0.1, 0.15) is 44.7 Å². The number of hydrogen-bond acceptors (Lipinski definition) is 4. The molecule has 0 unspecified atom stereocenters. The predicted octanol–water partition coefficient (Wildman–Crippen LogP) is 2.37. The van der Waals surface area contributed by atoms with Crippen molar-refractivity contribution in [2.45, 2.75) is 50.6 Å². The number of nitrogens with one attached hydrogen (secondary N) is 1. The molecule has 4 nitrogen and oxygen atoms in total. The van der Waals surface area contributed by atoms with E-state index < -0.39 is 0 Å². The number of thioether (sulfide) groups is 1. The van der Waals surface area contributed by atoms with Crippen LogP contribution >= 0.6 is 11.8 Å². The van der Waals surface area contributed by atoms with Crippen LogP contribution in [-0.2, 0) is 6.42 Å². The van der Waals surface area contributed by atoms with Crippen LogP contribution in [0.4, 0.5) is 0 Å². The van der Waals surface area contributed by atoms with Crippen LogP contribution in [0.3, 0.4) is 0 Å². The van der Waals surface area contributed by atoms with E-state index in [2.05, 4.69) is 16.9 Å². The molecule has 0 aliphatic heterocycles. The van der Waals surface area contributed by atoms with Gasteiger partial charge in [0.25, 0.3) is 5.56 Å². The average molecular weight is 270 g/mol. The van der Waals surface area contributed by atoms with E-state index in [1.54, 1.807) is 17.8 Å². The van der Waals surface area contributed by atoms with E-state index in [-0.39, 0.29) is 12.2 Å². The Labute approximate surface area is 112 Å². The first-order valence-corrected chi connectivity index (χ1v) is 7.58. The smallest absolute Gasteiger partial charge is 0.251 e. The number of aromatic amines is 1. The van der Waals surface area contributed by atoms with Crippen molar-refractivity contribution >= 4 is 11.8 Å². The molecule has 0 saturated carbocycles. The second-order valence-electron chi connectivity index (χ2n) is 4.28. The number of aryl methyl sites for hydroxylation is 1. The number of rotatable bonds is 9. The fourth-order valence-electron chi connectivity index (χ4n) is 1.67. The molecule has 0 fully saturated rings. The summed E-state index contributed by atoms with van der Waals surface area (Å²) in [5.74, 6) is 0.962. The Morgan fingerprint density at radius 1 is 1.33 bits per heavy atom. The van der Waals surface area contributed by atoms with Crippen LogP contribution in [-0.4, -0.2) is 27.4 Å². The van der Waals surface area contributed by atoms with E-state index in [0.717, 1.165) is 55.1 Å². The topological polar surface area (TPSA) is 66.0 Å². The molecule has 0 aromatic carbocycles. The van der Waals surface area contributed by atoms with Gasteiger partial charge in [-0.2, -0.15) is 0 Å². The van der Waals surface area contributed by atoms with Crippen LogP contribution in [0.15, 0.2) is 16.0 Å². The standard InChI is InChI=1S/C13H22N2O2S/c1-2-7-11-10-12(17)15-13(14-11)18-9-6-4-3-5-8-16/h10,16H,2-9H2,1H3,(H,14,15,17). The molecule has 5 heteroatoms. The van der Waals surface area contributed by atoms with Gasteiger partial charge in [-0.05, 0) is 19.3 Å². The van der Waals surface area contributed by atoms with Gasteiger partial charge >= 0.3 is 0 Å². The zero-order valence-corrected chi connectivity index (χ0v) is 11.8. The van der Waals surface area contributed by atoms with E-state index in [9.17, 15) is 4.79 Å². The summed E-state index contributed by atoms with van der Waals surface area (Å²) in [6.45, 7) is 2.36. The summed E-state index contributed by atoms with van der Waals surface area (Å²) in [7, 11) is 0. The van der Waals surface area contributed by atoms with Crippen LogP contribution < -0.4 is 5.56 Å². The number of aromatic nitrogens is 2. The lowest BCUT2D eigenvalue weighted by Gasteiger charge is -2.03. The minimum absolute atomic E-state index is 0.0590. The van der Waals surface area contributed by atoms with Crippen LogP contribution in [0, 0.1) is 0 Å². The van der Waals surface area contributed by atoms with E-state index in [0.29, 0.717) is 0 Å². The monoisotopic (exact) mass is 270 g/mol. The summed E-state index contributed by atoms with van der Waals surface area (Å²) < 4.78 is 0. The van der Waals surface area contributed by atoms with Crippen molar-refractivity contribution in [3.63, 3.8) is 0 Å². The number of aliphatic hydroxyl groups excluding tert-OH is 1. The summed E-state index contributed by atoms with van der Waals surface area (Å²) in [6, 6.07) is 1.58. The molecule has 1 heterocycles. The molecule has 0 spiro atoms. The second kappa shape index (κ2) is 9.16. The van der Waals surface area contributed by atoms with Gasteiger partial charge in [0, 0.05) is 24.1 Å². The summed E-state index contributed by atoms with van der Waals surface area (Å²) in [5.41, 5.74) is 0.820. The molecule has 2 N–H and O–H groups in total. The largest absolute Gasteiger partial charge is 0.396 e. The molecule has 0 radical (unpaired) electrons. The molecule has 102 valence electrons. The van der Waals surface area contributed by atoms with Crippen molar-refractivity contribution in [3.8, 4) is 0 Å². The number of H-pyrrole nitrogens is 1. The van der Waals surface area contributed by atoms with E-state index in [1.165, 1.54) is 0 Å². The first kappa shape index (κ1) is 15.2. The minimum atomic E-state index is -0.0590. The molecular formula is C13H22N2O2S. The molecule has 0 atom stereocenters. The molecule has 1 rings (SSSR count). The molecular weight excluding hydrogens is 248 g/mol. The number of unbranched alkanes of at least 4 members (excludes halogenated alkanes) is 3. The molecule has 18 heavy (non-hydrogen) atoms. The highest BCUT2D eigenvalue weighted by molar-refractivity contribution is 7.99. The average Bonchev–Trinajstić information content (AvgIpc) is 2.33. The number of nitrogens with zero attached hydrogens (tertiary/aromatic N) is 1. The van der Waals surface area contributed by atoms with Gasteiger partial charge < -0.3 is 10.1 Å². The van der Waals surface area contributed by atoms with Crippen molar-refractivity contribution < 1.29 is 5.11 Å². The van der Waals surface area contributed by atoms with Crippen molar-refractivity contribution in [2.75, 3.05) is 12.4 Å². The summed E-state index contributed by atoms with van der Waals surface area (Å²) in [5, 5.41) is 9.39. The van der Waals surface area contributed by atoms with Gasteiger partial charge in [-0.15, -0.1) is 0 Å². The molecule has 1 aromatic heterocycles. The predicted molar refractivity (Wildman–Crippen MR) is 75.1 cm³/mol. The summed E-state index contributed by atoms with van der Waals surface area (Å²) in [6.07, 6.45) is 6.01. The Morgan fingerprint density at radius 3 is 2.83 bits per heavy atom. The Morgan fingerprint density at radius 2 is 2.11 bits per heavy atom. The molecule has 0 amide bonds. The van der Waals surface area contributed by atoms with Crippen molar-refractivity contribution in [2.24, 2.45) is 0 Å². The van der Waals surface area contributed by atoms with Gasteiger partial charge in [0.05, 0.1) is 0 Å². The lowest BCUT2D eigenvalue weighted by Crippen LogP contribution is -2.10. The van der Waals surface area contributed by atoms with Crippen LogP contribution in [0.5, 0.6) is 0 Å². The van der Waals surface area contributed by atoms with Crippen molar-refractivity contribution in [3.05, 3.63) is 22.1 Å². The quantitative estimate of drug-likeness (QED) is 0.411. The Balaban J connectivity index is 2.35. The molecule has 0 bridgehead atoms.